The Morgan fingerprint density at radius 3 is 2.35 bits per heavy atom. The van der Waals surface area contributed by atoms with E-state index >= 15 is 0 Å². The van der Waals surface area contributed by atoms with Crippen LogP contribution in [0, 0.1) is 0 Å². The first-order valence-corrected chi connectivity index (χ1v) is 9.57. The molecule has 138 valence electrons. The SMILES string of the molecule is COC[PH](=O)N[C@@H](Cc1ccccc1)C(=O)Nc1ccc(C(=O)O)cc1. The number of hydrogen-bond donors (Lipinski definition) is 3. The van der Waals surface area contributed by atoms with Gasteiger partial charge in [0.15, 0.2) is 7.95 Å². The minimum atomic E-state index is -2.27. The normalized spacial score (nSPS) is 13.0. The number of carboxylic acids is 1. The predicted octanol–water partition coefficient (Wildman–Crippen LogP) is 2.60. The number of anilines is 1. The molecule has 0 radical (unpaired) electrons. The number of carbonyl (C=O) groups excluding carboxylic acids is 1. The van der Waals surface area contributed by atoms with E-state index in [4.69, 9.17) is 9.84 Å². The maximum Gasteiger partial charge on any atom is 0.335 e. The van der Waals surface area contributed by atoms with Crippen LogP contribution in [-0.4, -0.2) is 36.5 Å². The Balaban J connectivity index is 2.10. The number of methoxy groups -OCH3 is 1. The van der Waals surface area contributed by atoms with E-state index in [1.807, 2.05) is 30.3 Å². The van der Waals surface area contributed by atoms with Gasteiger partial charge in [-0.1, -0.05) is 30.3 Å². The van der Waals surface area contributed by atoms with Gasteiger partial charge in [-0.15, -0.1) is 0 Å². The number of carbonyl (C=O) groups is 2. The second-order valence-electron chi connectivity index (χ2n) is 5.61. The summed E-state index contributed by atoms with van der Waals surface area (Å²) >= 11 is 0. The molecule has 0 aliphatic rings. The number of carboxylic acid groups (broad SMARTS) is 1. The zero-order valence-electron chi connectivity index (χ0n) is 14.3. The van der Waals surface area contributed by atoms with Crippen molar-refractivity contribution in [1.29, 1.82) is 0 Å². The lowest BCUT2D eigenvalue weighted by atomic mass is 10.1. The molecule has 8 heteroatoms. The highest BCUT2D eigenvalue weighted by atomic mass is 31.1. The van der Waals surface area contributed by atoms with E-state index in [2.05, 4.69) is 10.4 Å². The summed E-state index contributed by atoms with van der Waals surface area (Å²) in [6, 6.07) is 14.5. The van der Waals surface area contributed by atoms with Crippen molar-refractivity contribution >= 4 is 25.5 Å². The Hall–Kier alpha value is -2.47. The molecule has 3 N–H and O–H groups in total. The molecule has 2 rings (SSSR count). The second kappa shape index (κ2) is 9.87. The van der Waals surface area contributed by atoms with Gasteiger partial charge in [0.05, 0.1) is 11.6 Å². The maximum absolute atomic E-state index is 12.6. The lowest BCUT2D eigenvalue weighted by Crippen LogP contribution is -2.39. The Bertz CT molecular complexity index is 765. The van der Waals surface area contributed by atoms with Crippen molar-refractivity contribution in [3.8, 4) is 0 Å². The lowest BCUT2D eigenvalue weighted by Gasteiger charge is -2.18. The fourth-order valence-electron chi connectivity index (χ4n) is 2.35. The zero-order valence-corrected chi connectivity index (χ0v) is 15.3. The summed E-state index contributed by atoms with van der Waals surface area (Å²) in [4.78, 5) is 23.5. The van der Waals surface area contributed by atoms with Crippen molar-refractivity contribution in [1.82, 2.24) is 5.09 Å². The van der Waals surface area contributed by atoms with Gasteiger partial charge in [-0.3, -0.25) is 9.88 Å². The summed E-state index contributed by atoms with van der Waals surface area (Å²) < 4.78 is 16.9. The van der Waals surface area contributed by atoms with Crippen LogP contribution in [0.2, 0.25) is 0 Å². The molecular formula is C18H21N2O5P. The molecule has 0 heterocycles. The van der Waals surface area contributed by atoms with E-state index in [1.165, 1.54) is 31.4 Å². The molecule has 2 atom stereocenters. The van der Waals surface area contributed by atoms with E-state index in [9.17, 15) is 14.2 Å². The summed E-state index contributed by atoms with van der Waals surface area (Å²) in [5.74, 6) is -1.39. The van der Waals surface area contributed by atoms with Gasteiger partial charge in [-0.2, -0.15) is 0 Å². The third-order valence-electron chi connectivity index (χ3n) is 3.61. The Kier molecular flexibility index (Phi) is 7.53. The lowest BCUT2D eigenvalue weighted by molar-refractivity contribution is -0.117. The van der Waals surface area contributed by atoms with E-state index in [-0.39, 0.29) is 17.8 Å². The number of hydrogen-bond acceptors (Lipinski definition) is 4. The molecule has 1 unspecified atom stereocenters. The molecule has 1 amide bonds. The first-order chi connectivity index (χ1) is 12.5. The Morgan fingerprint density at radius 2 is 1.77 bits per heavy atom. The first kappa shape index (κ1) is 19.8. The molecule has 0 spiro atoms. The van der Waals surface area contributed by atoms with Gasteiger partial charge in [0.2, 0.25) is 5.91 Å². The maximum atomic E-state index is 12.6. The minimum Gasteiger partial charge on any atom is -0.478 e. The van der Waals surface area contributed by atoms with Crippen LogP contribution in [-0.2, 0) is 20.5 Å². The number of aromatic carboxylic acids is 1. The van der Waals surface area contributed by atoms with Crippen molar-refractivity contribution < 1.29 is 24.0 Å². The first-order valence-electron chi connectivity index (χ1n) is 7.96. The summed E-state index contributed by atoms with van der Waals surface area (Å²) in [6.45, 7) is 0. The van der Waals surface area contributed by atoms with Crippen LogP contribution in [0.25, 0.3) is 0 Å². The van der Waals surface area contributed by atoms with Crippen LogP contribution in [0.5, 0.6) is 0 Å². The third-order valence-corrected chi connectivity index (χ3v) is 4.83. The Labute approximate surface area is 152 Å². The highest BCUT2D eigenvalue weighted by Crippen LogP contribution is 2.18. The van der Waals surface area contributed by atoms with E-state index in [1.54, 1.807) is 0 Å². The van der Waals surface area contributed by atoms with E-state index < -0.39 is 20.0 Å². The van der Waals surface area contributed by atoms with Gasteiger partial charge in [0, 0.05) is 12.8 Å². The molecule has 0 aliphatic heterocycles. The van der Waals surface area contributed by atoms with Gasteiger partial charge in [-0.25, -0.2) is 4.79 Å². The number of benzene rings is 2. The second-order valence-corrected chi connectivity index (χ2v) is 7.04. The summed E-state index contributed by atoms with van der Waals surface area (Å²) in [5, 5.41) is 14.5. The van der Waals surface area contributed by atoms with Gasteiger partial charge in [0.1, 0.15) is 6.35 Å². The fourth-order valence-corrected chi connectivity index (χ4v) is 3.32. The van der Waals surface area contributed by atoms with Crippen LogP contribution < -0.4 is 10.4 Å². The standard InChI is InChI=1S/C18H21N2O5P/c1-25-12-26(24)20-16(11-13-5-3-2-4-6-13)17(21)19-15-9-7-14(8-10-15)18(22)23/h2-10,16,26H,11-12H2,1H3,(H,19,21)(H,20,24)(H,22,23)/t16-/m0/s1. The predicted molar refractivity (Wildman–Crippen MR) is 100.0 cm³/mol. The van der Waals surface area contributed by atoms with Gasteiger partial charge >= 0.3 is 5.97 Å². The largest absolute Gasteiger partial charge is 0.478 e. The van der Waals surface area contributed by atoms with Gasteiger partial charge in [-0.05, 0) is 36.2 Å². The zero-order chi connectivity index (χ0) is 18.9. The van der Waals surface area contributed by atoms with Crippen LogP contribution >= 0.6 is 7.95 Å². The molecule has 0 saturated heterocycles. The minimum absolute atomic E-state index is 0.0382. The van der Waals surface area contributed by atoms with E-state index in [0.29, 0.717) is 12.1 Å². The van der Waals surface area contributed by atoms with Crippen molar-refractivity contribution in [3.05, 3.63) is 65.7 Å². The van der Waals surface area contributed by atoms with Crippen LogP contribution in [0.1, 0.15) is 15.9 Å². The number of amides is 1. The fraction of sp³-hybridized carbons (Fsp3) is 0.222. The number of ether oxygens (including phenoxy) is 1. The van der Waals surface area contributed by atoms with Crippen molar-refractivity contribution in [3.63, 3.8) is 0 Å². The van der Waals surface area contributed by atoms with Crippen LogP contribution in [0.4, 0.5) is 5.69 Å². The van der Waals surface area contributed by atoms with Gasteiger partial charge in [0.25, 0.3) is 0 Å². The average Bonchev–Trinajstić information content (AvgIpc) is 2.62. The smallest absolute Gasteiger partial charge is 0.335 e. The molecule has 26 heavy (non-hydrogen) atoms. The summed E-state index contributed by atoms with van der Waals surface area (Å²) in [6.07, 6.45) is 0.399. The molecule has 0 aliphatic carbocycles. The van der Waals surface area contributed by atoms with Crippen molar-refractivity contribution in [2.24, 2.45) is 0 Å². The topological polar surface area (TPSA) is 105 Å². The quantitative estimate of drug-likeness (QED) is 0.581. The molecule has 0 fully saturated rings. The number of nitrogens with one attached hydrogen (secondary N) is 2. The summed E-state index contributed by atoms with van der Waals surface area (Å²) in [5.41, 5.74) is 1.52. The van der Waals surface area contributed by atoms with Crippen LogP contribution in [0.15, 0.2) is 54.6 Å². The molecule has 0 saturated carbocycles. The van der Waals surface area contributed by atoms with Gasteiger partial charge < -0.3 is 19.7 Å². The molecular weight excluding hydrogens is 355 g/mol. The molecule has 7 nitrogen and oxygen atoms in total. The van der Waals surface area contributed by atoms with Crippen LogP contribution in [0.3, 0.4) is 0 Å². The molecule has 2 aromatic rings. The monoisotopic (exact) mass is 376 g/mol. The van der Waals surface area contributed by atoms with Crippen molar-refractivity contribution in [2.45, 2.75) is 12.5 Å². The highest BCUT2D eigenvalue weighted by molar-refractivity contribution is 7.42. The highest BCUT2D eigenvalue weighted by Gasteiger charge is 2.21. The molecule has 0 aromatic heterocycles. The Morgan fingerprint density at radius 1 is 1.12 bits per heavy atom. The number of rotatable bonds is 9. The molecule has 2 aromatic carbocycles. The average molecular weight is 376 g/mol. The van der Waals surface area contributed by atoms with Crippen molar-refractivity contribution in [2.75, 3.05) is 18.8 Å². The third kappa shape index (κ3) is 6.11. The summed E-state index contributed by atoms with van der Waals surface area (Å²) in [7, 11) is -0.828. The van der Waals surface area contributed by atoms with E-state index in [0.717, 1.165) is 5.56 Å². The molecule has 0 bridgehead atoms.